The maximum Gasteiger partial charge on any atom is 0.209 e. The lowest BCUT2D eigenvalue weighted by Gasteiger charge is -2.13. The second kappa shape index (κ2) is 6.49. The molecule has 1 aliphatic rings. The number of ketones is 1. The maximum atomic E-state index is 13.4. The van der Waals surface area contributed by atoms with Crippen LogP contribution in [0.15, 0.2) is 48.5 Å². The summed E-state index contributed by atoms with van der Waals surface area (Å²) < 4.78 is 2.26. The summed E-state index contributed by atoms with van der Waals surface area (Å²) in [5.41, 5.74) is 5.37. The second-order valence-electron chi connectivity index (χ2n) is 7.14. The first-order chi connectivity index (χ1) is 12.2. The summed E-state index contributed by atoms with van der Waals surface area (Å²) in [6.07, 6.45) is 2.90. The van der Waals surface area contributed by atoms with Gasteiger partial charge in [-0.2, -0.15) is 0 Å². The van der Waals surface area contributed by atoms with E-state index in [2.05, 4.69) is 53.9 Å². The van der Waals surface area contributed by atoms with Crippen LogP contribution in [0.1, 0.15) is 33.6 Å². The molecule has 0 N–H and O–H groups in total. The van der Waals surface area contributed by atoms with Gasteiger partial charge in [0, 0.05) is 23.0 Å². The standard InChI is InChI=1S/C22H24N2O/c1-23(2)14-7-15-24-20-11-6-5-10-18(20)19-13-12-16-8-3-4-9-17(16)22(25)21(19)24/h3-6,8-11H,7,12-15H2,1-2H3. The number of aryl methyl sites for hydroxylation is 3. The lowest BCUT2D eigenvalue weighted by molar-refractivity contribution is 0.103. The second-order valence-corrected chi connectivity index (χ2v) is 7.14. The van der Waals surface area contributed by atoms with Crippen LogP contribution >= 0.6 is 0 Å². The van der Waals surface area contributed by atoms with Crippen molar-refractivity contribution in [3.8, 4) is 0 Å². The Hall–Kier alpha value is -2.39. The summed E-state index contributed by atoms with van der Waals surface area (Å²) in [7, 11) is 4.19. The average Bonchev–Trinajstić information content (AvgIpc) is 2.85. The molecule has 0 radical (unpaired) electrons. The Morgan fingerprint density at radius 1 is 1.00 bits per heavy atom. The number of aromatic nitrogens is 1. The highest BCUT2D eigenvalue weighted by Crippen LogP contribution is 2.33. The fourth-order valence-corrected chi connectivity index (χ4v) is 4.01. The van der Waals surface area contributed by atoms with Gasteiger partial charge in [-0.25, -0.2) is 0 Å². The Kier molecular flexibility index (Phi) is 4.18. The van der Waals surface area contributed by atoms with Crippen LogP contribution in [0.4, 0.5) is 0 Å². The number of carbonyl (C=O) groups excluding carboxylic acids is 1. The fraction of sp³-hybridized carbons (Fsp3) is 0.318. The molecule has 0 unspecified atom stereocenters. The Labute approximate surface area is 148 Å². The van der Waals surface area contributed by atoms with Gasteiger partial charge in [0.15, 0.2) is 0 Å². The summed E-state index contributed by atoms with van der Waals surface area (Å²) >= 11 is 0. The van der Waals surface area contributed by atoms with Gasteiger partial charge in [-0.15, -0.1) is 0 Å². The summed E-state index contributed by atoms with van der Waals surface area (Å²) in [5, 5.41) is 1.24. The van der Waals surface area contributed by atoms with Crippen molar-refractivity contribution in [3.63, 3.8) is 0 Å². The number of fused-ring (bicyclic) bond motifs is 4. The van der Waals surface area contributed by atoms with Crippen molar-refractivity contribution in [2.24, 2.45) is 0 Å². The van der Waals surface area contributed by atoms with E-state index in [9.17, 15) is 4.79 Å². The quantitative estimate of drug-likeness (QED) is 0.723. The van der Waals surface area contributed by atoms with Crippen molar-refractivity contribution in [2.75, 3.05) is 20.6 Å². The molecule has 2 aromatic carbocycles. The first kappa shape index (κ1) is 16.1. The van der Waals surface area contributed by atoms with Crippen molar-refractivity contribution >= 4 is 16.7 Å². The molecule has 1 heterocycles. The minimum absolute atomic E-state index is 0.184. The lowest BCUT2D eigenvalue weighted by Crippen LogP contribution is -2.17. The van der Waals surface area contributed by atoms with Crippen LogP contribution in [0.25, 0.3) is 10.9 Å². The lowest BCUT2D eigenvalue weighted by atomic mass is 10.0. The topological polar surface area (TPSA) is 25.2 Å². The molecule has 0 spiro atoms. The molecular weight excluding hydrogens is 308 g/mol. The van der Waals surface area contributed by atoms with E-state index >= 15 is 0 Å². The first-order valence-corrected chi connectivity index (χ1v) is 9.04. The summed E-state index contributed by atoms with van der Waals surface area (Å²) in [5.74, 6) is 0.184. The van der Waals surface area contributed by atoms with Crippen molar-refractivity contribution in [1.29, 1.82) is 0 Å². The van der Waals surface area contributed by atoms with Crippen molar-refractivity contribution < 1.29 is 4.79 Å². The van der Waals surface area contributed by atoms with Crippen molar-refractivity contribution in [3.05, 3.63) is 70.9 Å². The Morgan fingerprint density at radius 3 is 2.60 bits per heavy atom. The number of rotatable bonds is 4. The third-order valence-corrected chi connectivity index (χ3v) is 5.18. The molecule has 0 fully saturated rings. The predicted molar refractivity (Wildman–Crippen MR) is 102 cm³/mol. The van der Waals surface area contributed by atoms with E-state index in [1.54, 1.807) is 0 Å². The zero-order valence-corrected chi connectivity index (χ0v) is 15.0. The summed E-state index contributed by atoms with van der Waals surface area (Å²) in [4.78, 5) is 15.6. The van der Waals surface area contributed by atoms with E-state index in [1.807, 2.05) is 18.2 Å². The van der Waals surface area contributed by atoms with Gasteiger partial charge in [0.1, 0.15) is 0 Å². The van der Waals surface area contributed by atoms with Crippen LogP contribution in [-0.2, 0) is 19.4 Å². The van der Waals surface area contributed by atoms with Gasteiger partial charge >= 0.3 is 0 Å². The average molecular weight is 332 g/mol. The maximum absolute atomic E-state index is 13.4. The Balaban J connectivity index is 1.87. The third kappa shape index (κ3) is 2.79. The summed E-state index contributed by atoms with van der Waals surface area (Å²) in [6.45, 7) is 1.90. The molecule has 0 amide bonds. The largest absolute Gasteiger partial charge is 0.337 e. The molecule has 3 heteroatoms. The van der Waals surface area contributed by atoms with Crippen LogP contribution in [0.2, 0.25) is 0 Å². The van der Waals surface area contributed by atoms with Gasteiger partial charge in [-0.3, -0.25) is 4.79 Å². The van der Waals surface area contributed by atoms with Gasteiger partial charge in [-0.1, -0.05) is 42.5 Å². The van der Waals surface area contributed by atoms with Crippen molar-refractivity contribution in [1.82, 2.24) is 9.47 Å². The first-order valence-electron chi connectivity index (χ1n) is 9.04. The molecule has 0 saturated carbocycles. The number of benzene rings is 2. The van der Waals surface area contributed by atoms with Crippen LogP contribution in [0, 0.1) is 0 Å². The number of carbonyl (C=O) groups is 1. The molecule has 0 bridgehead atoms. The molecule has 0 aliphatic heterocycles. The summed E-state index contributed by atoms with van der Waals surface area (Å²) in [6, 6.07) is 16.6. The molecule has 0 saturated heterocycles. The van der Waals surface area contributed by atoms with Gasteiger partial charge in [0.2, 0.25) is 5.78 Å². The van der Waals surface area contributed by atoms with E-state index in [1.165, 1.54) is 22.0 Å². The van der Waals surface area contributed by atoms with Gasteiger partial charge in [0.05, 0.1) is 5.69 Å². The number of hydrogen-bond donors (Lipinski definition) is 0. The zero-order chi connectivity index (χ0) is 17.4. The molecule has 25 heavy (non-hydrogen) atoms. The van der Waals surface area contributed by atoms with Gasteiger partial charge in [0.25, 0.3) is 0 Å². The van der Waals surface area contributed by atoms with E-state index < -0.39 is 0 Å². The van der Waals surface area contributed by atoms with E-state index in [0.717, 1.165) is 43.6 Å². The number of para-hydroxylation sites is 1. The molecule has 4 rings (SSSR count). The molecule has 0 atom stereocenters. The predicted octanol–water partition coefficient (Wildman–Crippen LogP) is 3.92. The molecule has 1 aromatic heterocycles. The third-order valence-electron chi connectivity index (χ3n) is 5.18. The van der Waals surface area contributed by atoms with E-state index in [4.69, 9.17) is 0 Å². The fourth-order valence-electron chi connectivity index (χ4n) is 4.01. The molecular formula is C22H24N2O. The molecule has 3 nitrogen and oxygen atoms in total. The molecule has 1 aliphatic carbocycles. The van der Waals surface area contributed by atoms with E-state index in [-0.39, 0.29) is 5.78 Å². The van der Waals surface area contributed by atoms with Gasteiger partial charge < -0.3 is 9.47 Å². The SMILES string of the molecule is CN(C)CCCn1c2c(c3ccccc31)CCc1ccccc1C2=O. The van der Waals surface area contributed by atoms with Gasteiger partial charge in [-0.05, 0) is 57.1 Å². The Morgan fingerprint density at radius 2 is 1.76 bits per heavy atom. The van der Waals surface area contributed by atoms with Crippen molar-refractivity contribution in [2.45, 2.75) is 25.8 Å². The van der Waals surface area contributed by atoms with Crippen LogP contribution in [-0.4, -0.2) is 35.9 Å². The highest BCUT2D eigenvalue weighted by atomic mass is 16.1. The highest BCUT2D eigenvalue weighted by Gasteiger charge is 2.27. The molecule has 128 valence electrons. The minimum atomic E-state index is 0.184. The molecule has 3 aromatic rings. The Bertz CT molecular complexity index is 936. The zero-order valence-electron chi connectivity index (χ0n) is 15.0. The minimum Gasteiger partial charge on any atom is -0.337 e. The number of hydrogen-bond acceptors (Lipinski definition) is 2. The van der Waals surface area contributed by atoms with Crippen LogP contribution < -0.4 is 0 Å². The van der Waals surface area contributed by atoms with Crippen LogP contribution in [0.5, 0.6) is 0 Å². The van der Waals surface area contributed by atoms with E-state index in [0.29, 0.717) is 0 Å². The normalized spacial score (nSPS) is 13.8. The monoisotopic (exact) mass is 332 g/mol. The number of nitrogens with zero attached hydrogens (tertiary/aromatic N) is 2. The highest BCUT2D eigenvalue weighted by molar-refractivity contribution is 6.13. The smallest absolute Gasteiger partial charge is 0.209 e. The van der Waals surface area contributed by atoms with Crippen LogP contribution in [0.3, 0.4) is 0 Å².